The summed E-state index contributed by atoms with van der Waals surface area (Å²) in [7, 11) is -4.33. The van der Waals surface area contributed by atoms with Crippen molar-refractivity contribution in [2.45, 2.75) is 0 Å². The van der Waals surface area contributed by atoms with Crippen molar-refractivity contribution in [1.82, 2.24) is 0 Å². The topological polar surface area (TPSA) is 90.5 Å². The van der Waals surface area contributed by atoms with Crippen LogP contribution in [0.1, 0.15) is 0 Å². The van der Waals surface area contributed by atoms with Gasteiger partial charge in [-0.15, -0.1) is 0 Å². The SMILES string of the molecule is N#CSCCOP(=O)(O)O. The lowest BCUT2D eigenvalue weighted by molar-refractivity contribution is 0.208. The number of hydrogen-bond acceptors (Lipinski definition) is 4. The number of thioether (sulfide) groups is 1. The largest absolute Gasteiger partial charge is 0.469 e. The second-order valence-electron chi connectivity index (χ2n) is 1.26. The van der Waals surface area contributed by atoms with Crippen molar-refractivity contribution < 1.29 is 18.9 Å². The van der Waals surface area contributed by atoms with Crippen molar-refractivity contribution >= 4 is 19.6 Å². The quantitative estimate of drug-likeness (QED) is 0.370. The van der Waals surface area contributed by atoms with E-state index < -0.39 is 7.82 Å². The molecule has 0 aliphatic rings. The lowest BCUT2D eigenvalue weighted by atomic mass is 10.9. The molecule has 0 aromatic rings. The number of thiocyanates is 1. The maximum Gasteiger partial charge on any atom is 0.469 e. The zero-order valence-corrected chi connectivity index (χ0v) is 6.64. The second kappa shape index (κ2) is 4.72. The van der Waals surface area contributed by atoms with Crippen LogP contribution < -0.4 is 0 Å². The van der Waals surface area contributed by atoms with Gasteiger partial charge in [0.05, 0.1) is 6.61 Å². The molecule has 0 aliphatic carbocycles. The highest BCUT2D eigenvalue weighted by Gasteiger charge is 2.12. The molecule has 5 nitrogen and oxygen atoms in total. The molecule has 0 radical (unpaired) electrons. The first-order chi connectivity index (χ1) is 4.56. The molecule has 0 bridgehead atoms. The van der Waals surface area contributed by atoms with Crippen LogP contribution in [0.2, 0.25) is 0 Å². The average Bonchev–Trinajstić information content (AvgIpc) is 1.78. The van der Waals surface area contributed by atoms with Crippen molar-refractivity contribution in [1.29, 1.82) is 5.26 Å². The van der Waals surface area contributed by atoms with Gasteiger partial charge in [-0.05, 0) is 11.8 Å². The first-order valence-electron chi connectivity index (χ1n) is 2.27. The normalized spacial score (nSPS) is 10.9. The number of phosphoric ester groups is 1. The molecule has 0 unspecified atom stereocenters. The molecular weight excluding hydrogens is 177 g/mol. The van der Waals surface area contributed by atoms with Crippen LogP contribution in [0.5, 0.6) is 0 Å². The standard InChI is InChI=1S/C3H6NO4PS/c4-3-10-2-1-8-9(5,6)7/h1-2H2,(H2,5,6,7). The summed E-state index contributed by atoms with van der Waals surface area (Å²) >= 11 is 0.886. The third kappa shape index (κ3) is 7.95. The van der Waals surface area contributed by atoms with Crippen molar-refractivity contribution in [3.8, 4) is 5.40 Å². The molecule has 0 aromatic heterocycles. The number of rotatable bonds is 4. The first-order valence-corrected chi connectivity index (χ1v) is 4.79. The zero-order valence-electron chi connectivity index (χ0n) is 4.93. The van der Waals surface area contributed by atoms with Gasteiger partial charge in [-0.25, -0.2) is 4.57 Å². The van der Waals surface area contributed by atoms with E-state index in [0.29, 0.717) is 0 Å². The van der Waals surface area contributed by atoms with Crippen LogP contribution in [0.4, 0.5) is 0 Å². The van der Waals surface area contributed by atoms with Crippen LogP contribution in [-0.2, 0) is 9.09 Å². The Kier molecular flexibility index (Phi) is 4.69. The van der Waals surface area contributed by atoms with E-state index in [-0.39, 0.29) is 12.4 Å². The molecule has 0 heterocycles. The van der Waals surface area contributed by atoms with Gasteiger partial charge in [0.15, 0.2) is 0 Å². The minimum absolute atomic E-state index is 0.109. The Balaban J connectivity index is 3.23. The van der Waals surface area contributed by atoms with Gasteiger partial charge in [0.2, 0.25) is 0 Å². The zero-order chi connectivity index (χ0) is 8.04. The minimum Gasteiger partial charge on any atom is -0.303 e. The smallest absolute Gasteiger partial charge is 0.303 e. The fraction of sp³-hybridized carbons (Fsp3) is 0.667. The summed E-state index contributed by atoms with van der Waals surface area (Å²) in [6.07, 6.45) is 0. The summed E-state index contributed by atoms with van der Waals surface area (Å²) in [6.45, 7) is -0.109. The molecule has 0 rings (SSSR count). The third-order valence-electron chi connectivity index (χ3n) is 0.509. The molecule has 0 amide bonds. The lowest BCUT2D eigenvalue weighted by Gasteiger charge is -2.01. The molecule has 0 spiro atoms. The van der Waals surface area contributed by atoms with Crippen molar-refractivity contribution in [2.75, 3.05) is 12.4 Å². The molecule has 2 N–H and O–H groups in total. The predicted molar refractivity (Wildman–Crippen MR) is 36.1 cm³/mol. The Bertz CT molecular complexity index is 172. The van der Waals surface area contributed by atoms with Gasteiger partial charge in [-0.3, -0.25) is 4.52 Å². The van der Waals surface area contributed by atoms with Crippen molar-refractivity contribution in [3.63, 3.8) is 0 Å². The van der Waals surface area contributed by atoms with Gasteiger partial charge in [-0.1, -0.05) is 0 Å². The third-order valence-corrected chi connectivity index (χ3v) is 1.53. The van der Waals surface area contributed by atoms with Crippen molar-refractivity contribution in [3.05, 3.63) is 0 Å². The molecule has 0 saturated heterocycles. The molecule has 0 aliphatic heterocycles. The maximum absolute atomic E-state index is 9.97. The molecular formula is C3H6NO4PS. The molecule has 0 aromatic carbocycles. The average molecular weight is 183 g/mol. The first kappa shape index (κ1) is 9.95. The van der Waals surface area contributed by atoms with E-state index in [4.69, 9.17) is 15.0 Å². The predicted octanol–water partition coefficient (Wildman–Crippen LogP) is 0.310. The molecule has 7 heteroatoms. The highest BCUT2D eigenvalue weighted by atomic mass is 32.2. The van der Waals surface area contributed by atoms with Gasteiger partial charge >= 0.3 is 7.82 Å². The van der Waals surface area contributed by atoms with E-state index in [1.807, 2.05) is 0 Å². The van der Waals surface area contributed by atoms with Gasteiger partial charge in [0.25, 0.3) is 0 Å². The summed E-state index contributed by atoms with van der Waals surface area (Å²) in [5.74, 6) is 0.265. The summed E-state index contributed by atoms with van der Waals surface area (Å²) < 4.78 is 14.0. The Morgan fingerprint density at radius 1 is 1.70 bits per heavy atom. The summed E-state index contributed by atoms with van der Waals surface area (Å²) in [6, 6.07) is 0. The van der Waals surface area contributed by atoms with Crippen LogP contribution in [-0.4, -0.2) is 22.1 Å². The van der Waals surface area contributed by atoms with Gasteiger partial charge in [0.1, 0.15) is 5.40 Å². The molecule has 0 atom stereocenters. The van der Waals surface area contributed by atoms with E-state index >= 15 is 0 Å². The van der Waals surface area contributed by atoms with Gasteiger partial charge in [-0.2, -0.15) is 5.26 Å². The van der Waals surface area contributed by atoms with Crippen LogP contribution in [0.25, 0.3) is 0 Å². The monoisotopic (exact) mass is 183 g/mol. The molecule has 58 valence electrons. The van der Waals surface area contributed by atoms with E-state index in [1.54, 1.807) is 5.40 Å². The Hall–Kier alpha value is -0.0500. The van der Waals surface area contributed by atoms with E-state index in [0.717, 1.165) is 11.8 Å². The van der Waals surface area contributed by atoms with E-state index in [1.165, 1.54) is 0 Å². The van der Waals surface area contributed by atoms with E-state index in [9.17, 15) is 4.57 Å². The molecule has 0 fully saturated rings. The van der Waals surface area contributed by atoms with Crippen LogP contribution in [0, 0.1) is 10.7 Å². The van der Waals surface area contributed by atoms with Crippen LogP contribution in [0.15, 0.2) is 0 Å². The summed E-state index contributed by atoms with van der Waals surface area (Å²) in [5, 5.41) is 9.70. The van der Waals surface area contributed by atoms with Gasteiger partial charge < -0.3 is 9.79 Å². The maximum atomic E-state index is 9.97. The highest BCUT2D eigenvalue weighted by Crippen LogP contribution is 2.35. The molecule has 0 saturated carbocycles. The Labute approximate surface area is 62.2 Å². The highest BCUT2D eigenvalue weighted by molar-refractivity contribution is 8.03. The van der Waals surface area contributed by atoms with Crippen molar-refractivity contribution in [2.24, 2.45) is 0 Å². The number of phosphoric acid groups is 1. The molecule has 10 heavy (non-hydrogen) atoms. The number of nitrogens with zero attached hydrogens (tertiary/aromatic N) is 1. The minimum atomic E-state index is -4.33. The lowest BCUT2D eigenvalue weighted by Crippen LogP contribution is -1.93. The Morgan fingerprint density at radius 2 is 2.30 bits per heavy atom. The van der Waals surface area contributed by atoms with E-state index in [2.05, 4.69) is 4.52 Å². The van der Waals surface area contributed by atoms with Gasteiger partial charge in [0, 0.05) is 5.75 Å². The van der Waals surface area contributed by atoms with Crippen LogP contribution in [0.3, 0.4) is 0 Å². The second-order valence-corrected chi connectivity index (χ2v) is 3.38. The summed E-state index contributed by atoms with van der Waals surface area (Å²) in [4.78, 5) is 16.2. The number of hydrogen-bond donors (Lipinski definition) is 2. The summed E-state index contributed by atoms with van der Waals surface area (Å²) in [5.41, 5.74) is 0. The van der Waals surface area contributed by atoms with Crippen LogP contribution >= 0.6 is 19.6 Å². The fourth-order valence-corrected chi connectivity index (χ4v) is 0.954. The fourth-order valence-electron chi connectivity index (χ4n) is 0.243. The Morgan fingerprint density at radius 3 is 2.70 bits per heavy atom. The number of nitriles is 1.